The highest BCUT2D eigenvalue weighted by Gasteiger charge is 2.08. The smallest absolute Gasteiger partial charge is 0.253 e. The van der Waals surface area contributed by atoms with Gasteiger partial charge in [-0.05, 0) is 18.2 Å². The Morgan fingerprint density at radius 1 is 1.39 bits per heavy atom. The van der Waals surface area contributed by atoms with Gasteiger partial charge in [-0.25, -0.2) is 0 Å². The second-order valence-electron chi connectivity index (χ2n) is 3.48. The van der Waals surface area contributed by atoms with Gasteiger partial charge in [0, 0.05) is 10.9 Å². The molecule has 1 heterocycles. The Kier molecular flexibility index (Phi) is 3.95. The van der Waals surface area contributed by atoms with E-state index in [1.807, 2.05) is 13.0 Å². The Hall–Kier alpha value is -1.87. The van der Waals surface area contributed by atoms with Gasteiger partial charge < -0.3 is 9.15 Å². The number of halogens is 1. The van der Waals surface area contributed by atoms with Crippen LogP contribution in [-0.2, 0) is 13.0 Å². The zero-order valence-corrected chi connectivity index (χ0v) is 11.3. The molecule has 2 rings (SSSR count). The summed E-state index contributed by atoms with van der Waals surface area (Å²) in [7, 11) is 0. The van der Waals surface area contributed by atoms with E-state index in [-0.39, 0.29) is 6.61 Å². The summed E-state index contributed by atoms with van der Waals surface area (Å²) in [5.41, 5.74) is 0.458. The normalized spacial score (nSPS) is 10.1. The molecule has 0 saturated carbocycles. The minimum Gasteiger partial charge on any atom is -0.482 e. The highest BCUT2D eigenvalue weighted by atomic mass is 79.9. The molecular weight excluding hydrogens is 298 g/mol. The van der Waals surface area contributed by atoms with Crippen LogP contribution < -0.4 is 4.74 Å². The van der Waals surface area contributed by atoms with Crippen molar-refractivity contribution in [2.24, 2.45) is 0 Å². The van der Waals surface area contributed by atoms with Gasteiger partial charge in [0.05, 0.1) is 5.56 Å². The summed E-state index contributed by atoms with van der Waals surface area (Å²) in [6.07, 6.45) is 0.689. The van der Waals surface area contributed by atoms with Crippen molar-refractivity contribution in [1.82, 2.24) is 10.2 Å². The second-order valence-corrected chi connectivity index (χ2v) is 4.40. The van der Waals surface area contributed by atoms with Gasteiger partial charge >= 0.3 is 0 Å². The maximum absolute atomic E-state index is 8.98. The van der Waals surface area contributed by atoms with Crippen molar-refractivity contribution in [2.45, 2.75) is 20.0 Å². The highest BCUT2D eigenvalue weighted by Crippen LogP contribution is 2.23. The summed E-state index contributed by atoms with van der Waals surface area (Å²) in [4.78, 5) is 0. The minimum atomic E-state index is 0.156. The Balaban J connectivity index is 2.08. The fourth-order valence-corrected chi connectivity index (χ4v) is 1.71. The average molecular weight is 308 g/mol. The lowest BCUT2D eigenvalue weighted by Gasteiger charge is -2.05. The van der Waals surface area contributed by atoms with Crippen molar-refractivity contribution >= 4 is 15.9 Å². The van der Waals surface area contributed by atoms with Gasteiger partial charge in [0.15, 0.2) is 6.61 Å². The molecule has 0 radical (unpaired) electrons. The van der Waals surface area contributed by atoms with Crippen LogP contribution in [0.4, 0.5) is 0 Å². The molecule has 0 N–H and O–H groups in total. The lowest BCUT2D eigenvalue weighted by Crippen LogP contribution is -1.97. The third kappa shape index (κ3) is 2.87. The summed E-state index contributed by atoms with van der Waals surface area (Å²) in [5.74, 6) is 1.47. The number of hydrogen-bond donors (Lipinski definition) is 0. The van der Waals surface area contributed by atoms with E-state index in [0.717, 1.165) is 4.47 Å². The van der Waals surface area contributed by atoms with Crippen LogP contribution in [0.2, 0.25) is 0 Å². The lowest BCUT2D eigenvalue weighted by molar-refractivity contribution is 0.258. The molecule has 0 aliphatic carbocycles. The molecule has 0 unspecified atom stereocenters. The van der Waals surface area contributed by atoms with Crippen molar-refractivity contribution < 1.29 is 9.15 Å². The first-order chi connectivity index (χ1) is 8.72. The number of nitrogens with zero attached hydrogens (tertiary/aromatic N) is 3. The Bertz CT molecular complexity index is 589. The van der Waals surface area contributed by atoms with Crippen molar-refractivity contribution in [1.29, 1.82) is 5.26 Å². The third-order valence-corrected chi connectivity index (χ3v) is 2.72. The maximum atomic E-state index is 8.98. The topological polar surface area (TPSA) is 71.9 Å². The molecule has 5 nitrogen and oxygen atoms in total. The highest BCUT2D eigenvalue weighted by molar-refractivity contribution is 9.10. The first-order valence-corrected chi connectivity index (χ1v) is 6.16. The Labute approximate surface area is 113 Å². The molecule has 0 aliphatic heterocycles. The van der Waals surface area contributed by atoms with Crippen LogP contribution >= 0.6 is 15.9 Å². The molecule has 0 saturated heterocycles. The van der Waals surface area contributed by atoms with E-state index in [0.29, 0.717) is 29.5 Å². The zero-order chi connectivity index (χ0) is 13.0. The van der Waals surface area contributed by atoms with Crippen molar-refractivity contribution in [3.8, 4) is 11.8 Å². The first-order valence-electron chi connectivity index (χ1n) is 5.36. The zero-order valence-electron chi connectivity index (χ0n) is 9.68. The number of rotatable bonds is 4. The number of hydrogen-bond acceptors (Lipinski definition) is 5. The fourth-order valence-electron chi connectivity index (χ4n) is 1.34. The molecule has 0 bridgehead atoms. The third-order valence-electron chi connectivity index (χ3n) is 2.22. The Morgan fingerprint density at radius 2 is 2.17 bits per heavy atom. The van der Waals surface area contributed by atoms with Gasteiger partial charge in [-0.2, -0.15) is 5.26 Å². The minimum absolute atomic E-state index is 0.156. The quantitative estimate of drug-likeness (QED) is 0.868. The van der Waals surface area contributed by atoms with E-state index in [1.165, 1.54) is 0 Å². The molecule has 0 aliphatic rings. The second kappa shape index (κ2) is 5.65. The molecule has 0 fully saturated rings. The van der Waals surface area contributed by atoms with Crippen LogP contribution in [0.15, 0.2) is 27.1 Å². The average Bonchev–Trinajstić information content (AvgIpc) is 2.85. The predicted molar refractivity (Wildman–Crippen MR) is 66.9 cm³/mol. The van der Waals surface area contributed by atoms with Gasteiger partial charge in [-0.1, -0.05) is 22.9 Å². The largest absolute Gasteiger partial charge is 0.482 e. The molecule has 1 aromatic carbocycles. The van der Waals surface area contributed by atoms with E-state index < -0.39 is 0 Å². The lowest BCUT2D eigenvalue weighted by atomic mass is 10.2. The van der Waals surface area contributed by atoms with Crippen LogP contribution in [-0.4, -0.2) is 10.2 Å². The van der Waals surface area contributed by atoms with Gasteiger partial charge in [0.25, 0.3) is 5.89 Å². The van der Waals surface area contributed by atoms with E-state index in [9.17, 15) is 0 Å². The molecule has 0 spiro atoms. The van der Waals surface area contributed by atoms with Gasteiger partial charge in [-0.15, -0.1) is 10.2 Å². The molecule has 1 aromatic heterocycles. The molecule has 2 aromatic rings. The SMILES string of the molecule is CCc1nnc(COc2ccc(Br)cc2C#N)o1. The standard InChI is InChI=1S/C12H10BrN3O2/c1-2-11-15-16-12(18-11)7-17-10-4-3-9(13)5-8(10)6-14/h3-5H,2,7H2,1H3. The van der Waals surface area contributed by atoms with E-state index >= 15 is 0 Å². The van der Waals surface area contributed by atoms with Gasteiger partial charge in [0.1, 0.15) is 11.8 Å². The summed E-state index contributed by atoms with van der Waals surface area (Å²) < 4.78 is 11.6. The number of aryl methyl sites for hydroxylation is 1. The number of benzene rings is 1. The van der Waals surface area contributed by atoms with Gasteiger partial charge in [-0.3, -0.25) is 0 Å². The van der Waals surface area contributed by atoms with Crippen molar-refractivity contribution in [3.05, 3.63) is 40.0 Å². The molecular formula is C12H10BrN3O2. The van der Waals surface area contributed by atoms with Gasteiger partial charge in [0.2, 0.25) is 5.89 Å². The molecule has 18 heavy (non-hydrogen) atoms. The van der Waals surface area contributed by atoms with Crippen molar-refractivity contribution in [2.75, 3.05) is 0 Å². The monoisotopic (exact) mass is 307 g/mol. The van der Waals surface area contributed by atoms with E-state index in [4.69, 9.17) is 14.4 Å². The maximum Gasteiger partial charge on any atom is 0.253 e. The molecule has 6 heteroatoms. The molecule has 92 valence electrons. The summed E-state index contributed by atoms with van der Waals surface area (Å²) in [5, 5.41) is 16.7. The van der Waals surface area contributed by atoms with E-state index in [2.05, 4.69) is 32.2 Å². The van der Waals surface area contributed by atoms with Crippen LogP contribution in [0.5, 0.6) is 5.75 Å². The number of aromatic nitrogens is 2. The first kappa shape index (κ1) is 12.6. The summed E-state index contributed by atoms with van der Waals surface area (Å²) >= 11 is 3.30. The van der Waals surface area contributed by atoms with Crippen molar-refractivity contribution in [3.63, 3.8) is 0 Å². The summed E-state index contributed by atoms with van der Waals surface area (Å²) in [6.45, 7) is 2.09. The number of ether oxygens (including phenoxy) is 1. The predicted octanol–water partition coefficient (Wildman–Crippen LogP) is 2.85. The van der Waals surface area contributed by atoms with Crippen LogP contribution in [0.25, 0.3) is 0 Å². The van der Waals surface area contributed by atoms with E-state index in [1.54, 1.807) is 12.1 Å². The van der Waals surface area contributed by atoms with Crippen LogP contribution in [0, 0.1) is 11.3 Å². The number of nitriles is 1. The molecule has 0 amide bonds. The summed E-state index contributed by atoms with van der Waals surface area (Å²) in [6, 6.07) is 7.29. The van der Waals surface area contributed by atoms with Crippen LogP contribution in [0.1, 0.15) is 24.3 Å². The Morgan fingerprint density at radius 3 is 2.83 bits per heavy atom. The fraction of sp³-hybridized carbons (Fsp3) is 0.250. The van der Waals surface area contributed by atoms with Crippen LogP contribution in [0.3, 0.4) is 0 Å². The molecule has 0 atom stereocenters.